The van der Waals surface area contributed by atoms with Crippen LogP contribution >= 0.6 is 0 Å². The normalized spacial score (nSPS) is 19.5. The second-order valence-electron chi connectivity index (χ2n) is 7.58. The van der Waals surface area contributed by atoms with Crippen LogP contribution in [0, 0.1) is 0 Å². The molecule has 0 N–H and O–H groups in total. The Balaban J connectivity index is 1.40. The van der Waals surface area contributed by atoms with Gasteiger partial charge >= 0.3 is 0 Å². The number of hydrazone groups is 1. The number of imidazole rings is 1. The van der Waals surface area contributed by atoms with Gasteiger partial charge in [-0.1, -0.05) is 18.2 Å². The minimum atomic E-state index is 0.192. The summed E-state index contributed by atoms with van der Waals surface area (Å²) in [5.41, 5.74) is 3.06. The molecule has 29 heavy (non-hydrogen) atoms. The van der Waals surface area contributed by atoms with Gasteiger partial charge in [0.15, 0.2) is 17.0 Å². The summed E-state index contributed by atoms with van der Waals surface area (Å²) < 4.78 is 2.09. The van der Waals surface area contributed by atoms with Crippen molar-refractivity contribution >= 4 is 28.9 Å². The quantitative estimate of drug-likeness (QED) is 0.680. The molecule has 0 spiro atoms. The lowest BCUT2D eigenvalue weighted by Gasteiger charge is -2.36. The van der Waals surface area contributed by atoms with Crippen LogP contribution in [0.1, 0.15) is 18.7 Å². The number of aromatic nitrogens is 4. The Morgan fingerprint density at radius 3 is 2.48 bits per heavy atom. The molecule has 2 aromatic heterocycles. The van der Waals surface area contributed by atoms with Crippen molar-refractivity contribution in [2.24, 2.45) is 12.1 Å². The smallest absolute Gasteiger partial charge is 0.165 e. The predicted octanol–water partition coefficient (Wildman–Crippen LogP) is 2.09. The predicted molar refractivity (Wildman–Crippen MR) is 116 cm³/mol. The third kappa shape index (κ3) is 3.18. The number of nitrogens with zero attached hydrogens (tertiary/aromatic N) is 8. The molecule has 0 bridgehead atoms. The molecule has 5 rings (SSSR count). The summed E-state index contributed by atoms with van der Waals surface area (Å²) in [6, 6.07) is 10.6. The number of hydrogen-bond donors (Lipinski definition) is 0. The van der Waals surface area contributed by atoms with E-state index in [0.29, 0.717) is 0 Å². The molecule has 8 nitrogen and oxygen atoms in total. The first-order valence-corrected chi connectivity index (χ1v) is 10.3. The van der Waals surface area contributed by atoms with E-state index in [0.717, 1.165) is 62.1 Å². The molecule has 0 aliphatic carbocycles. The second kappa shape index (κ2) is 7.35. The number of para-hydroxylation sites is 1. The molecule has 4 heterocycles. The molecule has 3 aromatic rings. The topological polar surface area (TPSA) is 65.7 Å². The Morgan fingerprint density at radius 2 is 1.76 bits per heavy atom. The van der Waals surface area contributed by atoms with Crippen LogP contribution < -0.4 is 9.80 Å². The van der Waals surface area contributed by atoms with Crippen molar-refractivity contribution in [1.29, 1.82) is 0 Å². The van der Waals surface area contributed by atoms with Gasteiger partial charge in [-0.15, -0.1) is 0 Å². The van der Waals surface area contributed by atoms with Crippen molar-refractivity contribution in [3.63, 3.8) is 0 Å². The SMILES string of the molecule is CCN1CC(c2nc3c(N4CCN(c5ccccc5)CC4)ncnc3n2C)C=N1. The van der Waals surface area contributed by atoms with Crippen molar-refractivity contribution in [2.45, 2.75) is 12.8 Å². The van der Waals surface area contributed by atoms with Crippen molar-refractivity contribution in [3.8, 4) is 0 Å². The van der Waals surface area contributed by atoms with Crippen LogP contribution in [-0.4, -0.2) is 70.0 Å². The van der Waals surface area contributed by atoms with Gasteiger partial charge < -0.3 is 14.4 Å². The van der Waals surface area contributed by atoms with E-state index in [1.165, 1.54) is 5.69 Å². The summed E-state index contributed by atoms with van der Waals surface area (Å²) in [5, 5.41) is 6.54. The number of fused-ring (bicyclic) bond motifs is 1. The van der Waals surface area contributed by atoms with E-state index in [4.69, 9.17) is 4.98 Å². The maximum atomic E-state index is 4.98. The van der Waals surface area contributed by atoms with Crippen molar-refractivity contribution in [3.05, 3.63) is 42.5 Å². The fraction of sp³-hybridized carbons (Fsp3) is 0.429. The molecule has 2 aliphatic rings. The van der Waals surface area contributed by atoms with Crippen LogP contribution in [0.15, 0.2) is 41.8 Å². The van der Waals surface area contributed by atoms with E-state index in [9.17, 15) is 0 Å². The molecule has 1 aromatic carbocycles. The lowest BCUT2D eigenvalue weighted by atomic mass is 10.1. The first-order valence-electron chi connectivity index (χ1n) is 10.3. The summed E-state index contributed by atoms with van der Waals surface area (Å²) in [6.07, 6.45) is 3.66. The Morgan fingerprint density at radius 1 is 1.00 bits per heavy atom. The third-order valence-electron chi connectivity index (χ3n) is 5.89. The molecular weight excluding hydrogens is 364 g/mol. The van der Waals surface area contributed by atoms with Gasteiger partial charge in [-0.25, -0.2) is 15.0 Å². The zero-order valence-electron chi connectivity index (χ0n) is 16.9. The highest BCUT2D eigenvalue weighted by atomic mass is 15.5. The van der Waals surface area contributed by atoms with Crippen molar-refractivity contribution in [2.75, 3.05) is 49.1 Å². The Hall–Kier alpha value is -3.16. The highest BCUT2D eigenvalue weighted by Gasteiger charge is 2.27. The minimum Gasteiger partial charge on any atom is -0.368 e. The minimum absolute atomic E-state index is 0.192. The first kappa shape index (κ1) is 17.9. The summed E-state index contributed by atoms with van der Waals surface area (Å²) >= 11 is 0. The Bertz CT molecular complexity index is 1020. The number of likely N-dealkylation sites (N-methyl/N-ethyl adjacent to an activating group) is 1. The van der Waals surface area contributed by atoms with Crippen LogP contribution in [0.5, 0.6) is 0 Å². The highest BCUT2D eigenvalue weighted by molar-refractivity contribution is 5.85. The monoisotopic (exact) mass is 390 g/mol. The molecule has 1 fully saturated rings. The zero-order chi connectivity index (χ0) is 19.8. The van der Waals surface area contributed by atoms with Crippen LogP contribution in [0.25, 0.3) is 11.2 Å². The van der Waals surface area contributed by atoms with Crippen LogP contribution in [0.2, 0.25) is 0 Å². The number of piperazine rings is 1. The molecule has 8 heteroatoms. The van der Waals surface area contributed by atoms with E-state index in [1.807, 2.05) is 13.3 Å². The van der Waals surface area contributed by atoms with Gasteiger partial charge in [-0.05, 0) is 19.1 Å². The molecular formula is C21H26N8. The van der Waals surface area contributed by atoms with Crippen molar-refractivity contribution in [1.82, 2.24) is 24.5 Å². The number of hydrogen-bond acceptors (Lipinski definition) is 7. The average molecular weight is 390 g/mol. The summed E-state index contributed by atoms with van der Waals surface area (Å²) in [7, 11) is 2.04. The number of anilines is 2. The summed E-state index contributed by atoms with van der Waals surface area (Å²) in [6.45, 7) is 7.67. The maximum absolute atomic E-state index is 4.98. The van der Waals surface area contributed by atoms with Crippen LogP contribution in [0.4, 0.5) is 11.5 Å². The van der Waals surface area contributed by atoms with E-state index in [2.05, 4.69) is 71.7 Å². The average Bonchev–Trinajstić information content (AvgIpc) is 3.39. The number of benzene rings is 1. The third-order valence-corrected chi connectivity index (χ3v) is 5.89. The number of rotatable bonds is 4. The van der Waals surface area contributed by atoms with Gasteiger partial charge in [0.2, 0.25) is 0 Å². The molecule has 2 aliphatic heterocycles. The molecule has 0 saturated carbocycles. The Kier molecular flexibility index (Phi) is 4.54. The molecule has 1 atom stereocenters. The number of aryl methyl sites for hydroxylation is 1. The second-order valence-corrected chi connectivity index (χ2v) is 7.58. The Labute approximate surface area is 170 Å². The van der Waals surface area contributed by atoms with Gasteiger partial charge in [-0.3, -0.25) is 5.01 Å². The maximum Gasteiger partial charge on any atom is 0.165 e. The molecule has 0 radical (unpaired) electrons. The summed E-state index contributed by atoms with van der Waals surface area (Å²) in [4.78, 5) is 18.9. The van der Waals surface area contributed by atoms with Gasteiger partial charge in [0, 0.05) is 51.7 Å². The molecule has 1 saturated heterocycles. The van der Waals surface area contributed by atoms with Crippen LogP contribution in [0.3, 0.4) is 0 Å². The fourth-order valence-electron chi connectivity index (χ4n) is 4.24. The highest BCUT2D eigenvalue weighted by Crippen LogP contribution is 2.28. The van der Waals surface area contributed by atoms with E-state index < -0.39 is 0 Å². The van der Waals surface area contributed by atoms with E-state index >= 15 is 0 Å². The lowest BCUT2D eigenvalue weighted by Crippen LogP contribution is -2.46. The molecule has 1 unspecified atom stereocenters. The van der Waals surface area contributed by atoms with Gasteiger partial charge in [0.25, 0.3) is 0 Å². The van der Waals surface area contributed by atoms with Crippen LogP contribution in [-0.2, 0) is 7.05 Å². The van der Waals surface area contributed by atoms with E-state index in [-0.39, 0.29) is 5.92 Å². The molecule has 150 valence electrons. The zero-order valence-corrected chi connectivity index (χ0v) is 16.9. The van der Waals surface area contributed by atoms with Gasteiger partial charge in [0.1, 0.15) is 12.2 Å². The van der Waals surface area contributed by atoms with Gasteiger partial charge in [-0.2, -0.15) is 5.10 Å². The van der Waals surface area contributed by atoms with Gasteiger partial charge in [0.05, 0.1) is 12.5 Å². The summed E-state index contributed by atoms with van der Waals surface area (Å²) in [5.74, 6) is 2.13. The first-order chi connectivity index (χ1) is 14.2. The molecule has 0 amide bonds. The lowest BCUT2D eigenvalue weighted by molar-refractivity contribution is 0.325. The largest absolute Gasteiger partial charge is 0.368 e. The van der Waals surface area contributed by atoms with E-state index in [1.54, 1.807) is 6.33 Å². The standard InChI is InChI=1S/C21H26N8/c1-3-29-14-16(13-24-29)19-25-18-20(26(19)2)22-15-23-21(18)28-11-9-27(10-12-28)17-7-5-4-6-8-17/h4-8,13,15-16H,3,9-12,14H2,1-2H3. The van der Waals surface area contributed by atoms with Crippen molar-refractivity contribution < 1.29 is 0 Å². The fourth-order valence-corrected chi connectivity index (χ4v) is 4.24.